The molecule has 4 heteroatoms. The van der Waals surface area contributed by atoms with Crippen LogP contribution < -0.4 is 14.8 Å². The van der Waals surface area contributed by atoms with Crippen LogP contribution in [0.25, 0.3) is 0 Å². The van der Waals surface area contributed by atoms with Gasteiger partial charge in [0.05, 0.1) is 32.1 Å². The first kappa shape index (κ1) is 14.0. The summed E-state index contributed by atoms with van der Waals surface area (Å²) in [5.41, 5.74) is 0.968. The van der Waals surface area contributed by atoms with Crippen molar-refractivity contribution >= 4 is 5.69 Å². The van der Waals surface area contributed by atoms with Crippen molar-refractivity contribution in [2.24, 2.45) is 0 Å². The molecule has 0 saturated heterocycles. The molecular formula is C15H23NO3. The fraction of sp³-hybridized carbons (Fsp3) is 0.600. The topological polar surface area (TPSA) is 39.7 Å². The Morgan fingerprint density at radius 3 is 2.53 bits per heavy atom. The van der Waals surface area contributed by atoms with Crippen LogP contribution in [0.1, 0.15) is 25.7 Å². The van der Waals surface area contributed by atoms with E-state index >= 15 is 0 Å². The Bertz CT molecular complexity index is 408. The smallest absolute Gasteiger partial charge is 0.142 e. The Balaban J connectivity index is 2.16. The number of anilines is 1. The minimum atomic E-state index is 0.268. The van der Waals surface area contributed by atoms with E-state index in [2.05, 4.69) is 5.32 Å². The molecule has 2 rings (SSSR count). The van der Waals surface area contributed by atoms with Crippen LogP contribution in [0.4, 0.5) is 5.69 Å². The van der Waals surface area contributed by atoms with E-state index in [1.165, 1.54) is 12.8 Å². The molecule has 0 spiro atoms. The highest BCUT2D eigenvalue weighted by Gasteiger charge is 2.25. The van der Waals surface area contributed by atoms with Crippen molar-refractivity contribution in [1.82, 2.24) is 0 Å². The average molecular weight is 265 g/mol. The summed E-state index contributed by atoms with van der Waals surface area (Å²) < 4.78 is 16.2. The van der Waals surface area contributed by atoms with Gasteiger partial charge in [-0.3, -0.25) is 0 Å². The van der Waals surface area contributed by atoms with E-state index in [1.54, 1.807) is 21.3 Å². The number of benzene rings is 1. The fourth-order valence-electron chi connectivity index (χ4n) is 2.67. The molecular weight excluding hydrogens is 242 g/mol. The highest BCUT2D eigenvalue weighted by Crippen LogP contribution is 2.32. The molecule has 1 aliphatic rings. The van der Waals surface area contributed by atoms with Gasteiger partial charge in [-0.2, -0.15) is 0 Å². The summed E-state index contributed by atoms with van der Waals surface area (Å²) in [7, 11) is 5.14. The van der Waals surface area contributed by atoms with Gasteiger partial charge in [0.1, 0.15) is 11.5 Å². The van der Waals surface area contributed by atoms with E-state index in [-0.39, 0.29) is 6.10 Å². The van der Waals surface area contributed by atoms with Gasteiger partial charge in [-0.15, -0.1) is 0 Å². The summed E-state index contributed by atoms with van der Waals surface area (Å²) in [5, 5.41) is 3.55. The number of nitrogens with one attached hydrogen (secondary N) is 1. The van der Waals surface area contributed by atoms with Crippen molar-refractivity contribution in [3.8, 4) is 11.5 Å². The molecule has 0 heterocycles. The van der Waals surface area contributed by atoms with Gasteiger partial charge in [-0.05, 0) is 25.0 Å². The van der Waals surface area contributed by atoms with Gasteiger partial charge in [0.2, 0.25) is 0 Å². The van der Waals surface area contributed by atoms with Crippen molar-refractivity contribution in [3.05, 3.63) is 18.2 Å². The minimum Gasteiger partial charge on any atom is -0.497 e. The summed E-state index contributed by atoms with van der Waals surface area (Å²) in [6.45, 7) is 0. The predicted molar refractivity (Wildman–Crippen MR) is 76.2 cm³/mol. The van der Waals surface area contributed by atoms with Gasteiger partial charge in [0.15, 0.2) is 0 Å². The number of hydrogen-bond acceptors (Lipinski definition) is 4. The Hall–Kier alpha value is -1.42. The molecule has 4 nitrogen and oxygen atoms in total. The lowest BCUT2D eigenvalue weighted by molar-refractivity contribution is 0.0605. The number of methoxy groups -OCH3 is 3. The molecule has 2 atom stereocenters. The Morgan fingerprint density at radius 2 is 1.84 bits per heavy atom. The monoisotopic (exact) mass is 265 g/mol. The highest BCUT2D eigenvalue weighted by atomic mass is 16.5. The van der Waals surface area contributed by atoms with Crippen LogP contribution in [0.2, 0.25) is 0 Å². The lowest BCUT2D eigenvalue weighted by Crippen LogP contribution is -2.37. The second-order valence-corrected chi connectivity index (χ2v) is 4.88. The third-order valence-corrected chi connectivity index (χ3v) is 3.75. The summed E-state index contributed by atoms with van der Waals surface area (Å²) in [4.78, 5) is 0. The van der Waals surface area contributed by atoms with E-state index in [9.17, 15) is 0 Å². The third-order valence-electron chi connectivity index (χ3n) is 3.75. The molecule has 0 unspecified atom stereocenters. The number of hydrogen-bond donors (Lipinski definition) is 1. The molecule has 19 heavy (non-hydrogen) atoms. The van der Waals surface area contributed by atoms with Gasteiger partial charge < -0.3 is 19.5 Å². The molecule has 1 saturated carbocycles. The average Bonchev–Trinajstić information content (AvgIpc) is 2.47. The lowest BCUT2D eigenvalue weighted by Gasteiger charge is -2.32. The molecule has 0 aliphatic heterocycles. The maximum absolute atomic E-state index is 5.57. The van der Waals surface area contributed by atoms with E-state index < -0.39 is 0 Å². The van der Waals surface area contributed by atoms with Crippen molar-refractivity contribution in [1.29, 1.82) is 0 Å². The second kappa shape index (κ2) is 6.66. The maximum atomic E-state index is 5.57. The van der Waals surface area contributed by atoms with E-state index in [0.717, 1.165) is 30.0 Å². The standard InChI is InChI=1S/C15H23NO3/c1-17-11-8-9-15(19-3)13(10-11)16-12-6-4-5-7-14(12)18-2/h8-10,12,14,16H,4-7H2,1-3H3/t12-,14-/m1/s1. The van der Waals surface area contributed by atoms with Gasteiger partial charge >= 0.3 is 0 Å². The minimum absolute atomic E-state index is 0.268. The first-order valence-corrected chi connectivity index (χ1v) is 6.80. The molecule has 1 fully saturated rings. The molecule has 0 aromatic heterocycles. The molecule has 0 amide bonds. The second-order valence-electron chi connectivity index (χ2n) is 4.88. The zero-order valence-corrected chi connectivity index (χ0v) is 11.9. The zero-order chi connectivity index (χ0) is 13.7. The van der Waals surface area contributed by atoms with Gasteiger partial charge in [0, 0.05) is 13.2 Å². The van der Waals surface area contributed by atoms with Gasteiger partial charge in [-0.25, -0.2) is 0 Å². The van der Waals surface area contributed by atoms with Crippen LogP contribution >= 0.6 is 0 Å². The van der Waals surface area contributed by atoms with Gasteiger partial charge in [0.25, 0.3) is 0 Å². The van der Waals surface area contributed by atoms with E-state index in [1.807, 2.05) is 18.2 Å². The first-order valence-electron chi connectivity index (χ1n) is 6.80. The third kappa shape index (κ3) is 3.32. The van der Waals surface area contributed by atoms with E-state index in [0.29, 0.717) is 6.04 Å². The molecule has 106 valence electrons. The molecule has 0 radical (unpaired) electrons. The van der Waals surface area contributed by atoms with Gasteiger partial charge in [-0.1, -0.05) is 12.8 Å². The first-order chi connectivity index (χ1) is 9.28. The lowest BCUT2D eigenvalue weighted by atomic mass is 9.92. The van der Waals surface area contributed by atoms with Crippen molar-refractivity contribution < 1.29 is 14.2 Å². The van der Waals surface area contributed by atoms with Crippen LogP contribution in [-0.4, -0.2) is 33.5 Å². The molecule has 1 N–H and O–H groups in total. The molecule has 1 aromatic rings. The molecule has 1 aromatic carbocycles. The summed E-state index contributed by atoms with van der Waals surface area (Å²) in [6, 6.07) is 6.13. The van der Waals surface area contributed by atoms with Crippen LogP contribution in [0.3, 0.4) is 0 Å². The van der Waals surface area contributed by atoms with E-state index in [4.69, 9.17) is 14.2 Å². The van der Waals surface area contributed by atoms with Crippen LogP contribution in [-0.2, 0) is 4.74 Å². The van der Waals surface area contributed by atoms with Crippen LogP contribution in [0.15, 0.2) is 18.2 Å². The molecule has 1 aliphatic carbocycles. The largest absolute Gasteiger partial charge is 0.497 e. The summed E-state index contributed by atoms with van der Waals surface area (Å²) >= 11 is 0. The van der Waals surface area contributed by atoms with Crippen molar-refractivity contribution in [2.45, 2.75) is 37.8 Å². The highest BCUT2D eigenvalue weighted by molar-refractivity contribution is 5.60. The van der Waals surface area contributed by atoms with Crippen LogP contribution in [0, 0.1) is 0 Å². The number of ether oxygens (including phenoxy) is 3. The van der Waals surface area contributed by atoms with Crippen LogP contribution in [0.5, 0.6) is 11.5 Å². The Kier molecular flexibility index (Phi) is 4.91. The summed E-state index contributed by atoms with van der Waals surface area (Å²) in [6.07, 6.45) is 4.99. The summed E-state index contributed by atoms with van der Waals surface area (Å²) in [5.74, 6) is 1.66. The Labute approximate surface area is 115 Å². The zero-order valence-electron chi connectivity index (χ0n) is 11.9. The normalized spacial score (nSPS) is 22.9. The maximum Gasteiger partial charge on any atom is 0.142 e. The Morgan fingerprint density at radius 1 is 1.05 bits per heavy atom. The number of rotatable bonds is 5. The van der Waals surface area contributed by atoms with Crippen molar-refractivity contribution in [3.63, 3.8) is 0 Å². The van der Waals surface area contributed by atoms with Crippen molar-refractivity contribution in [2.75, 3.05) is 26.6 Å². The molecule has 0 bridgehead atoms. The SMILES string of the molecule is COc1ccc(OC)c(N[C@@H]2CCCC[C@H]2OC)c1. The fourth-order valence-corrected chi connectivity index (χ4v) is 2.67. The predicted octanol–water partition coefficient (Wildman–Crippen LogP) is 3.07. The quantitative estimate of drug-likeness (QED) is 0.888.